The Labute approximate surface area is 122 Å². The summed E-state index contributed by atoms with van der Waals surface area (Å²) in [4.78, 5) is 11.0. The lowest BCUT2D eigenvalue weighted by molar-refractivity contribution is -0.138. The molecule has 0 saturated carbocycles. The number of hydrogen-bond donors (Lipinski definition) is 3. The molecule has 7 heteroatoms. The van der Waals surface area contributed by atoms with Crippen molar-refractivity contribution in [3.05, 3.63) is 40.2 Å². The first kappa shape index (κ1) is 15.1. The van der Waals surface area contributed by atoms with Crippen LogP contribution < -0.4 is 5.73 Å². The molecule has 0 aliphatic rings. The fourth-order valence-electron chi connectivity index (χ4n) is 2.47. The van der Waals surface area contributed by atoms with Crippen molar-refractivity contribution in [1.82, 2.24) is 20.6 Å². The van der Waals surface area contributed by atoms with Crippen molar-refractivity contribution in [1.29, 1.82) is 0 Å². The summed E-state index contributed by atoms with van der Waals surface area (Å²) in [5.41, 5.74) is 9.99. The highest BCUT2D eigenvalue weighted by Gasteiger charge is 2.16. The summed E-state index contributed by atoms with van der Waals surface area (Å²) in [7, 11) is 0. The fraction of sp³-hybridized carbons (Fsp3) is 0.429. The third kappa shape index (κ3) is 3.85. The maximum absolute atomic E-state index is 11.0. The molecule has 0 saturated heterocycles. The summed E-state index contributed by atoms with van der Waals surface area (Å²) in [5, 5.41) is 22.8. The third-order valence-electron chi connectivity index (χ3n) is 3.45. The molecule has 1 aromatic carbocycles. The molecule has 4 N–H and O–H groups in total. The Morgan fingerprint density at radius 1 is 1.38 bits per heavy atom. The predicted molar refractivity (Wildman–Crippen MR) is 76.8 cm³/mol. The van der Waals surface area contributed by atoms with Gasteiger partial charge in [-0.15, -0.1) is 10.2 Å². The molecule has 0 unspecified atom stereocenters. The number of aryl methyl sites for hydroxylation is 3. The lowest BCUT2D eigenvalue weighted by Crippen LogP contribution is -2.32. The van der Waals surface area contributed by atoms with Crippen LogP contribution in [0.4, 0.5) is 0 Å². The molecule has 7 nitrogen and oxygen atoms in total. The van der Waals surface area contributed by atoms with Gasteiger partial charge in [0, 0.05) is 6.42 Å². The molecule has 1 atom stereocenters. The molecule has 0 amide bonds. The van der Waals surface area contributed by atoms with Gasteiger partial charge in [0.2, 0.25) is 0 Å². The number of hydrogen-bond acceptors (Lipinski definition) is 5. The second kappa shape index (κ2) is 6.45. The van der Waals surface area contributed by atoms with Crippen molar-refractivity contribution in [2.45, 2.75) is 39.2 Å². The minimum Gasteiger partial charge on any atom is -0.480 e. The van der Waals surface area contributed by atoms with E-state index in [0.29, 0.717) is 18.7 Å². The number of H-pyrrole nitrogens is 1. The summed E-state index contributed by atoms with van der Waals surface area (Å²) in [6, 6.07) is 3.19. The quantitative estimate of drug-likeness (QED) is 0.715. The molecule has 0 aliphatic carbocycles. The minimum atomic E-state index is -0.988. The van der Waals surface area contributed by atoms with Gasteiger partial charge in [0.05, 0.1) is 0 Å². The van der Waals surface area contributed by atoms with E-state index in [1.165, 1.54) is 0 Å². The third-order valence-corrected chi connectivity index (χ3v) is 3.45. The molecular weight excluding hydrogens is 270 g/mol. The zero-order chi connectivity index (χ0) is 15.4. The second-order valence-electron chi connectivity index (χ2n) is 5.20. The number of tetrazole rings is 1. The number of aromatic amines is 1. The summed E-state index contributed by atoms with van der Waals surface area (Å²) >= 11 is 0. The highest BCUT2D eigenvalue weighted by molar-refractivity contribution is 5.73. The molecule has 0 bridgehead atoms. The van der Waals surface area contributed by atoms with Crippen LogP contribution >= 0.6 is 0 Å². The first-order valence-electron chi connectivity index (χ1n) is 6.77. The van der Waals surface area contributed by atoms with Gasteiger partial charge in [-0.05, 0) is 43.4 Å². The lowest BCUT2D eigenvalue weighted by Gasteiger charge is -2.15. The van der Waals surface area contributed by atoms with Gasteiger partial charge < -0.3 is 10.8 Å². The number of carbonyl (C=O) groups is 1. The number of carboxylic acid groups (broad SMARTS) is 1. The zero-order valence-corrected chi connectivity index (χ0v) is 12.1. The van der Waals surface area contributed by atoms with Crippen molar-refractivity contribution in [3.63, 3.8) is 0 Å². The zero-order valence-electron chi connectivity index (χ0n) is 12.1. The Kier molecular flexibility index (Phi) is 4.64. The number of nitrogens with one attached hydrogen (secondary N) is 1. The number of benzene rings is 1. The van der Waals surface area contributed by atoms with E-state index < -0.39 is 12.0 Å². The predicted octanol–water partition coefficient (Wildman–Crippen LogP) is 0.556. The Morgan fingerprint density at radius 2 is 2.14 bits per heavy atom. The van der Waals surface area contributed by atoms with E-state index in [2.05, 4.69) is 26.7 Å². The van der Waals surface area contributed by atoms with Crippen LogP contribution in [0.25, 0.3) is 0 Å². The average Bonchev–Trinajstić information content (AvgIpc) is 2.90. The van der Waals surface area contributed by atoms with E-state index in [1.807, 2.05) is 19.9 Å². The molecule has 1 aromatic heterocycles. The number of aliphatic carboxylic acids is 1. The molecule has 0 spiro atoms. The van der Waals surface area contributed by atoms with Crippen LogP contribution in [0.15, 0.2) is 12.1 Å². The standard InChI is InChI=1S/C14H19N5O2/c1-8-5-9(2)11(3-4-13-16-18-19-17-13)10(6-8)7-12(15)14(20)21/h5-6,12H,3-4,7,15H2,1-2H3,(H,20,21)(H,16,17,18,19)/t12-/m0/s1. The Hall–Kier alpha value is -2.28. The Bertz CT molecular complexity index is 625. The van der Waals surface area contributed by atoms with Crippen molar-refractivity contribution in [2.75, 3.05) is 0 Å². The SMILES string of the molecule is Cc1cc(C)c(CCc2nn[nH]n2)c(C[C@H](N)C(=O)O)c1. The first-order chi connectivity index (χ1) is 9.97. The molecule has 1 heterocycles. The summed E-state index contributed by atoms with van der Waals surface area (Å²) in [5.74, 6) is -0.346. The monoisotopic (exact) mass is 289 g/mol. The second-order valence-corrected chi connectivity index (χ2v) is 5.20. The van der Waals surface area contributed by atoms with E-state index >= 15 is 0 Å². The van der Waals surface area contributed by atoms with Crippen LogP contribution in [0, 0.1) is 13.8 Å². The number of aromatic nitrogens is 4. The highest BCUT2D eigenvalue weighted by Crippen LogP contribution is 2.20. The summed E-state index contributed by atoms with van der Waals surface area (Å²) in [6.45, 7) is 4.01. The van der Waals surface area contributed by atoms with Crippen LogP contribution in [-0.2, 0) is 24.1 Å². The number of rotatable bonds is 6. The van der Waals surface area contributed by atoms with E-state index in [-0.39, 0.29) is 0 Å². The van der Waals surface area contributed by atoms with Gasteiger partial charge in [0.25, 0.3) is 0 Å². The van der Waals surface area contributed by atoms with Gasteiger partial charge in [-0.1, -0.05) is 22.9 Å². The normalized spacial score (nSPS) is 12.3. The number of carboxylic acids is 1. The van der Waals surface area contributed by atoms with Crippen molar-refractivity contribution in [3.8, 4) is 0 Å². The smallest absolute Gasteiger partial charge is 0.320 e. The first-order valence-corrected chi connectivity index (χ1v) is 6.77. The van der Waals surface area contributed by atoms with Gasteiger partial charge in [0.15, 0.2) is 5.82 Å². The maximum atomic E-state index is 11.0. The topological polar surface area (TPSA) is 118 Å². The maximum Gasteiger partial charge on any atom is 0.320 e. The fourth-order valence-corrected chi connectivity index (χ4v) is 2.47. The minimum absolute atomic E-state index is 0.319. The van der Waals surface area contributed by atoms with Crippen molar-refractivity contribution in [2.24, 2.45) is 5.73 Å². The summed E-state index contributed by atoms with van der Waals surface area (Å²) < 4.78 is 0. The molecular formula is C14H19N5O2. The van der Waals surface area contributed by atoms with E-state index in [4.69, 9.17) is 10.8 Å². The van der Waals surface area contributed by atoms with Gasteiger partial charge in [-0.2, -0.15) is 5.21 Å². The van der Waals surface area contributed by atoms with E-state index in [9.17, 15) is 4.79 Å². The van der Waals surface area contributed by atoms with Gasteiger partial charge in [0.1, 0.15) is 6.04 Å². The Balaban J connectivity index is 2.23. The molecule has 0 radical (unpaired) electrons. The van der Waals surface area contributed by atoms with Gasteiger partial charge >= 0.3 is 5.97 Å². The van der Waals surface area contributed by atoms with Crippen molar-refractivity contribution < 1.29 is 9.90 Å². The van der Waals surface area contributed by atoms with Crippen molar-refractivity contribution >= 4 is 5.97 Å². The van der Waals surface area contributed by atoms with E-state index in [0.717, 1.165) is 28.7 Å². The van der Waals surface area contributed by atoms with Gasteiger partial charge in [-0.25, -0.2) is 0 Å². The molecule has 21 heavy (non-hydrogen) atoms. The van der Waals surface area contributed by atoms with Crippen LogP contribution in [0.1, 0.15) is 28.1 Å². The van der Waals surface area contributed by atoms with E-state index in [1.54, 1.807) is 0 Å². The van der Waals surface area contributed by atoms with Crippen LogP contribution in [0.5, 0.6) is 0 Å². The summed E-state index contributed by atoms with van der Waals surface area (Å²) in [6.07, 6.45) is 1.70. The lowest BCUT2D eigenvalue weighted by atomic mass is 9.91. The highest BCUT2D eigenvalue weighted by atomic mass is 16.4. The molecule has 2 aromatic rings. The molecule has 0 aliphatic heterocycles. The van der Waals surface area contributed by atoms with Crippen LogP contribution in [-0.4, -0.2) is 37.7 Å². The average molecular weight is 289 g/mol. The Morgan fingerprint density at radius 3 is 2.76 bits per heavy atom. The molecule has 0 fully saturated rings. The number of nitrogens with two attached hydrogens (primary N) is 1. The van der Waals surface area contributed by atoms with Crippen LogP contribution in [0.2, 0.25) is 0 Å². The van der Waals surface area contributed by atoms with Crippen LogP contribution in [0.3, 0.4) is 0 Å². The number of nitrogens with zero attached hydrogens (tertiary/aromatic N) is 3. The molecule has 2 rings (SSSR count). The largest absolute Gasteiger partial charge is 0.480 e. The van der Waals surface area contributed by atoms with Gasteiger partial charge in [-0.3, -0.25) is 4.79 Å². The molecule has 112 valence electrons.